The number of rotatable bonds is 4. The normalized spacial score (nSPS) is 10.6. The average Bonchev–Trinajstić information content (AvgIpc) is 3.16. The second-order valence-electron chi connectivity index (χ2n) is 6.28. The highest BCUT2D eigenvalue weighted by Gasteiger charge is 2.19. The minimum atomic E-state index is -0.462. The Morgan fingerprint density at radius 2 is 1.61 bits per heavy atom. The van der Waals surface area contributed by atoms with Gasteiger partial charge in [0.1, 0.15) is 5.82 Å². The number of para-hydroxylation sites is 1. The van der Waals surface area contributed by atoms with Gasteiger partial charge in [-0.2, -0.15) is 0 Å². The first-order valence-electron chi connectivity index (χ1n) is 8.77. The SMILES string of the molecule is Cc1ccccc1-n1nc(C(=O)Nc2ccc(F)cc2)nc1-c1ccccc1. The van der Waals surface area contributed by atoms with Gasteiger partial charge in [0, 0.05) is 11.3 Å². The van der Waals surface area contributed by atoms with E-state index in [9.17, 15) is 9.18 Å². The molecule has 0 fully saturated rings. The molecule has 4 aromatic rings. The van der Waals surface area contributed by atoms with Crippen LogP contribution in [-0.4, -0.2) is 20.7 Å². The summed E-state index contributed by atoms with van der Waals surface area (Å²) in [7, 11) is 0. The van der Waals surface area contributed by atoms with Gasteiger partial charge in [0.05, 0.1) is 5.69 Å². The summed E-state index contributed by atoms with van der Waals surface area (Å²) < 4.78 is 14.7. The van der Waals surface area contributed by atoms with Crippen molar-refractivity contribution in [3.8, 4) is 17.1 Å². The highest BCUT2D eigenvalue weighted by atomic mass is 19.1. The number of anilines is 1. The largest absolute Gasteiger partial charge is 0.319 e. The summed E-state index contributed by atoms with van der Waals surface area (Å²) in [6, 6.07) is 22.9. The van der Waals surface area contributed by atoms with Crippen molar-refractivity contribution in [1.29, 1.82) is 0 Å². The molecule has 28 heavy (non-hydrogen) atoms. The summed E-state index contributed by atoms with van der Waals surface area (Å²) in [4.78, 5) is 17.1. The van der Waals surface area contributed by atoms with Crippen molar-refractivity contribution in [1.82, 2.24) is 14.8 Å². The number of nitrogens with one attached hydrogen (secondary N) is 1. The van der Waals surface area contributed by atoms with Gasteiger partial charge in [0.2, 0.25) is 5.82 Å². The van der Waals surface area contributed by atoms with Gasteiger partial charge in [0.25, 0.3) is 5.91 Å². The fourth-order valence-corrected chi connectivity index (χ4v) is 2.87. The molecule has 6 heteroatoms. The van der Waals surface area contributed by atoms with E-state index in [4.69, 9.17) is 0 Å². The minimum Gasteiger partial charge on any atom is -0.319 e. The molecule has 1 amide bonds. The van der Waals surface area contributed by atoms with Gasteiger partial charge in [-0.05, 0) is 42.8 Å². The maximum atomic E-state index is 13.1. The Bertz CT molecular complexity index is 1120. The Balaban J connectivity index is 1.76. The van der Waals surface area contributed by atoms with Crippen LogP contribution >= 0.6 is 0 Å². The molecule has 0 unspecified atom stereocenters. The maximum Gasteiger partial charge on any atom is 0.295 e. The Hall–Kier alpha value is -3.80. The third-order valence-corrected chi connectivity index (χ3v) is 4.29. The molecule has 1 N–H and O–H groups in total. The van der Waals surface area contributed by atoms with Gasteiger partial charge < -0.3 is 5.32 Å². The predicted molar refractivity (Wildman–Crippen MR) is 106 cm³/mol. The van der Waals surface area contributed by atoms with Crippen LogP contribution in [0.1, 0.15) is 16.2 Å². The molecule has 0 saturated heterocycles. The van der Waals surface area contributed by atoms with Crippen molar-refractivity contribution in [2.45, 2.75) is 6.92 Å². The van der Waals surface area contributed by atoms with Crippen LogP contribution in [0.2, 0.25) is 0 Å². The van der Waals surface area contributed by atoms with E-state index < -0.39 is 5.91 Å². The standard InChI is InChI=1S/C22H17FN4O/c1-15-7-5-6-10-19(15)27-21(16-8-3-2-4-9-16)25-20(26-27)22(28)24-18-13-11-17(23)12-14-18/h2-14H,1H3,(H,24,28). The smallest absolute Gasteiger partial charge is 0.295 e. The number of carbonyl (C=O) groups is 1. The van der Waals surface area contributed by atoms with E-state index in [0.717, 1.165) is 16.8 Å². The Kier molecular flexibility index (Phi) is 4.68. The molecule has 0 bridgehead atoms. The summed E-state index contributed by atoms with van der Waals surface area (Å²) in [5.74, 6) is -0.229. The van der Waals surface area contributed by atoms with Crippen LogP contribution in [0.3, 0.4) is 0 Å². The zero-order valence-electron chi connectivity index (χ0n) is 15.1. The number of benzene rings is 3. The maximum absolute atomic E-state index is 13.1. The lowest BCUT2D eigenvalue weighted by atomic mass is 10.2. The van der Waals surface area contributed by atoms with Crippen LogP contribution in [0.15, 0.2) is 78.9 Å². The highest BCUT2D eigenvalue weighted by molar-refractivity contribution is 6.01. The van der Waals surface area contributed by atoms with E-state index in [1.807, 2.05) is 61.5 Å². The summed E-state index contributed by atoms with van der Waals surface area (Å²) >= 11 is 0. The van der Waals surface area contributed by atoms with Gasteiger partial charge in [-0.15, -0.1) is 5.10 Å². The molecule has 138 valence electrons. The molecule has 0 aliphatic carbocycles. The third-order valence-electron chi connectivity index (χ3n) is 4.29. The molecule has 0 spiro atoms. The molecule has 5 nitrogen and oxygen atoms in total. The number of hydrogen-bond donors (Lipinski definition) is 1. The third kappa shape index (κ3) is 3.53. The topological polar surface area (TPSA) is 59.8 Å². The number of carbonyl (C=O) groups excluding carboxylic acids is 1. The van der Waals surface area contributed by atoms with Gasteiger partial charge in [-0.1, -0.05) is 48.5 Å². The van der Waals surface area contributed by atoms with Crippen molar-refractivity contribution >= 4 is 11.6 Å². The van der Waals surface area contributed by atoms with Crippen LogP contribution in [0.25, 0.3) is 17.1 Å². The molecule has 1 heterocycles. The number of halogens is 1. The lowest BCUT2D eigenvalue weighted by Gasteiger charge is -2.08. The molecule has 0 radical (unpaired) electrons. The molecule has 3 aromatic carbocycles. The molecule has 4 rings (SSSR count). The second-order valence-corrected chi connectivity index (χ2v) is 6.28. The monoisotopic (exact) mass is 372 g/mol. The number of aryl methyl sites for hydroxylation is 1. The van der Waals surface area contributed by atoms with E-state index in [0.29, 0.717) is 11.5 Å². The average molecular weight is 372 g/mol. The number of aromatic nitrogens is 3. The molecular formula is C22H17FN4O. The lowest BCUT2D eigenvalue weighted by Crippen LogP contribution is -2.14. The molecule has 0 aliphatic heterocycles. The van der Waals surface area contributed by atoms with Crippen LogP contribution in [-0.2, 0) is 0 Å². The number of amides is 1. The summed E-state index contributed by atoms with van der Waals surface area (Å²) in [5.41, 5.74) is 3.17. The van der Waals surface area contributed by atoms with Crippen molar-refractivity contribution in [2.75, 3.05) is 5.32 Å². The predicted octanol–water partition coefficient (Wildman–Crippen LogP) is 4.63. The molecule has 0 aliphatic rings. The van der Waals surface area contributed by atoms with E-state index in [1.54, 1.807) is 4.68 Å². The van der Waals surface area contributed by atoms with Crippen molar-refractivity contribution in [3.05, 3.63) is 96.1 Å². The number of hydrogen-bond acceptors (Lipinski definition) is 3. The zero-order valence-corrected chi connectivity index (χ0v) is 15.1. The minimum absolute atomic E-state index is 0.0337. The summed E-state index contributed by atoms with van der Waals surface area (Å²) in [6.45, 7) is 1.98. The zero-order chi connectivity index (χ0) is 19.5. The molecule has 0 saturated carbocycles. The first kappa shape index (κ1) is 17.6. The Morgan fingerprint density at radius 1 is 0.929 bits per heavy atom. The highest BCUT2D eigenvalue weighted by Crippen LogP contribution is 2.23. The molecule has 1 aromatic heterocycles. The van der Waals surface area contributed by atoms with E-state index >= 15 is 0 Å². The van der Waals surface area contributed by atoms with Crippen molar-refractivity contribution < 1.29 is 9.18 Å². The van der Waals surface area contributed by atoms with E-state index in [1.165, 1.54) is 24.3 Å². The quantitative estimate of drug-likeness (QED) is 0.568. The molecular weight excluding hydrogens is 355 g/mol. The Morgan fingerprint density at radius 3 is 2.32 bits per heavy atom. The first-order valence-corrected chi connectivity index (χ1v) is 8.77. The number of nitrogens with zero attached hydrogens (tertiary/aromatic N) is 3. The molecule has 0 atom stereocenters. The summed E-state index contributed by atoms with van der Waals surface area (Å²) in [6.07, 6.45) is 0. The van der Waals surface area contributed by atoms with Gasteiger partial charge in [-0.25, -0.2) is 14.1 Å². The fourth-order valence-electron chi connectivity index (χ4n) is 2.87. The van der Waals surface area contributed by atoms with Gasteiger partial charge in [0.15, 0.2) is 5.82 Å². The van der Waals surface area contributed by atoms with E-state index in [-0.39, 0.29) is 11.6 Å². The van der Waals surface area contributed by atoms with E-state index in [2.05, 4.69) is 15.4 Å². The van der Waals surface area contributed by atoms with Gasteiger partial charge in [-0.3, -0.25) is 4.79 Å². The van der Waals surface area contributed by atoms with Crippen molar-refractivity contribution in [2.24, 2.45) is 0 Å². The Labute approximate surface area is 161 Å². The lowest BCUT2D eigenvalue weighted by molar-refractivity contribution is 0.101. The summed E-state index contributed by atoms with van der Waals surface area (Å²) in [5, 5.41) is 7.15. The first-order chi connectivity index (χ1) is 13.6. The van der Waals surface area contributed by atoms with Crippen molar-refractivity contribution in [3.63, 3.8) is 0 Å². The van der Waals surface area contributed by atoms with Gasteiger partial charge >= 0.3 is 0 Å². The second kappa shape index (κ2) is 7.44. The van der Waals surface area contributed by atoms with Crippen LogP contribution in [0.4, 0.5) is 10.1 Å². The van der Waals surface area contributed by atoms with Crippen LogP contribution < -0.4 is 5.32 Å². The van der Waals surface area contributed by atoms with Crippen LogP contribution in [0, 0.1) is 12.7 Å². The van der Waals surface area contributed by atoms with Crippen LogP contribution in [0.5, 0.6) is 0 Å². The fraction of sp³-hybridized carbons (Fsp3) is 0.0455.